The summed E-state index contributed by atoms with van der Waals surface area (Å²) in [4.78, 5) is 20.1. The van der Waals surface area contributed by atoms with Gasteiger partial charge < -0.3 is 16.8 Å². The lowest BCUT2D eigenvalue weighted by atomic mass is 10.2. The molecule has 0 aliphatic carbocycles. The molecule has 0 bridgehead atoms. The standard InChI is InChI=1S/C19H17Cl2N9O/c20-11-2-1-3-12(21)17(11)26-9-14(16(23)18(24)31)27-10-4-5-13(25-8-10)19-28-15(6-7-22)29-30-19/h1-9,23,26-27H,22H2,(H2,24,31)(H,28,29,30)/p+1/b7-6-,14-9+,23-16?. The quantitative estimate of drug-likeness (QED) is 0.221. The van der Waals surface area contributed by atoms with Gasteiger partial charge in [-0.05, 0) is 36.5 Å². The second-order valence-electron chi connectivity index (χ2n) is 6.08. The Kier molecular flexibility index (Phi) is 6.98. The Morgan fingerprint density at radius 3 is 2.58 bits per heavy atom. The van der Waals surface area contributed by atoms with Crippen LogP contribution in [0.3, 0.4) is 0 Å². The van der Waals surface area contributed by atoms with E-state index >= 15 is 0 Å². The molecule has 0 aliphatic rings. The van der Waals surface area contributed by atoms with Crippen LogP contribution >= 0.6 is 23.2 Å². The van der Waals surface area contributed by atoms with E-state index in [4.69, 9.17) is 40.1 Å². The second-order valence-corrected chi connectivity index (χ2v) is 6.90. The molecule has 0 fully saturated rings. The number of nitrogens with zero attached hydrogens (tertiary/aromatic N) is 3. The topological polar surface area (TPSA) is 176 Å². The Morgan fingerprint density at radius 1 is 1.23 bits per heavy atom. The van der Waals surface area contributed by atoms with Gasteiger partial charge in [0.2, 0.25) is 0 Å². The second kappa shape index (κ2) is 9.85. The number of hydrogen-bond acceptors (Lipinski definition) is 7. The predicted molar refractivity (Wildman–Crippen MR) is 120 cm³/mol. The van der Waals surface area contributed by atoms with Crippen molar-refractivity contribution in [3.63, 3.8) is 0 Å². The summed E-state index contributed by atoms with van der Waals surface area (Å²) in [5.74, 6) is -0.0133. The highest BCUT2D eigenvalue weighted by Gasteiger charge is 2.16. The molecule has 158 valence electrons. The summed E-state index contributed by atoms with van der Waals surface area (Å²) in [7, 11) is 0. The molecular formula is C19H18Cl2N9O+. The van der Waals surface area contributed by atoms with Crippen LogP contribution in [0, 0.1) is 5.41 Å². The van der Waals surface area contributed by atoms with Crippen LogP contribution in [0.25, 0.3) is 17.6 Å². The number of halogens is 2. The molecule has 0 atom stereocenters. The van der Waals surface area contributed by atoms with Crippen LogP contribution in [0.15, 0.2) is 54.6 Å². The van der Waals surface area contributed by atoms with Crippen LogP contribution in [0.2, 0.25) is 10.0 Å². The van der Waals surface area contributed by atoms with Crippen LogP contribution in [0.1, 0.15) is 5.82 Å². The smallest absolute Gasteiger partial charge is 0.268 e. The van der Waals surface area contributed by atoms with Gasteiger partial charge in [-0.3, -0.25) is 25.6 Å². The first-order valence-electron chi connectivity index (χ1n) is 8.81. The van der Waals surface area contributed by atoms with Crippen LogP contribution < -0.4 is 22.1 Å². The Hall–Kier alpha value is -3.73. The highest BCUT2D eigenvalue weighted by molar-refractivity contribution is 6.44. The van der Waals surface area contributed by atoms with Gasteiger partial charge in [0.1, 0.15) is 39.2 Å². The fraction of sp³-hybridized carbons (Fsp3) is 0. The highest BCUT2D eigenvalue weighted by Crippen LogP contribution is 2.25. The number of amides is 1. The third kappa shape index (κ3) is 5.45. The van der Waals surface area contributed by atoms with Crippen molar-refractivity contribution in [2.45, 2.75) is 0 Å². The molecule has 2 aromatic heterocycles. The van der Waals surface area contributed by atoms with Gasteiger partial charge in [0.05, 0.1) is 11.9 Å². The van der Waals surface area contributed by atoms with Crippen molar-refractivity contribution in [3.05, 3.63) is 70.5 Å². The average Bonchev–Trinajstić information content (AvgIpc) is 3.21. The fourth-order valence-corrected chi connectivity index (χ4v) is 2.99. The lowest BCUT2D eigenvalue weighted by molar-refractivity contribution is -0.496. The molecule has 10 nitrogen and oxygen atoms in total. The van der Waals surface area contributed by atoms with Gasteiger partial charge in [0.15, 0.2) is 11.5 Å². The number of pyridine rings is 1. The summed E-state index contributed by atoms with van der Waals surface area (Å²) in [6.45, 7) is 0. The summed E-state index contributed by atoms with van der Waals surface area (Å²) in [6.07, 6.45) is 5.92. The lowest BCUT2D eigenvalue weighted by Gasteiger charge is -2.10. The highest BCUT2D eigenvalue weighted by atomic mass is 35.5. The number of carbonyl (C=O) groups excluding carboxylic acids is 1. The molecule has 1 aromatic carbocycles. The first-order valence-corrected chi connectivity index (χ1v) is 9.56. The van der Waals surface area contributed by atoms with Gasteiger partial charge in [0.25, 0.3) is 5.91 Å². The Balaban J connectivity index is 1.82. The number of aromatic nitrogens is 4. The first kappa shape index (κ1) is 22.0. The molecule has 0 saturated carbocycles. The number of nitrogens with two attached hydrogens (primary N) is 3. The summed E-state index contributed by atoms with van der Waals surface area (Å²) in [5.41, 5.74) is 11.9. The molecule has 3 aromatic rings. The molecule has 0 saturated heterocycles. The van der Waals surface area contributed by atoms with E-state index in [-0.39, 0.29) is 5.70 Å². The van der Waals surface area contributed by atoms with Gasteiger partial charge in [-0.1, -0.05) is 29.3 Å². The van der Waals surface area contributed by atoms with E-state index in [1.54, 1.807) is 41.7 Å². The van der Waals surface area contributed by atoms with Crippen LogP contribution in [0.4, 0.5) is 11.4 Å². The van der Waals surface area contributed by atoms with Crippen molar-refractivity contribution in [1.82, 2.24) is 20.2 Å². The number of hydrogen-bond donors (Lipinski definition) is 6. The van der Waals surface area contributed by atoms with Crippen molar-refractivity contribution < 1.29 is 10.1 Å². The monoisotopic (exact) mass is 458 g/mol. The summed E-state index contributed by atoms with van der Waals surface area (Å²) >= 11 is 12.3. The number of quaternary nitrogens is 1. The minimum absolute atomic E-state index is 0.145. The number of benzene rings is 1. The van der Waals surface area contributed by atoms with Crippen LogP contribution in [-0.4, -0.2) is 31.8 Å². The zero-order valence-electron chi connectivity index (χ0n) is 15.9. The third-order valence-corrected chi connectivity index (χ3v) is 4.62. The van der Waals surface area contributed by atoms with Gasteiger partial charge >= 0.3 is 0 Å². The predicted octanol–water partition coefficient (Wildman–Crippen LogP) is 1.76. The van der Waals surface area contributed by atoms with E-state index in [1.165, 1.54) is 18.6 Å². The zero-order chi connectivity index (χ0) is 22.4. The normalized spacial score (nSPS) is 11.6. The minimum atomic E-state index is -0.900. The molecule has 1 amide bonds. The molecule has 0 spiro atoms. The molecule has 12 heteroatoms. The molecule has 2 heterocycles. The lowest BCUT2D eigenvalue weighted by Crippen LogP contribution is -2.72. The number of nitrogens with one attached hydrogen (secondary N) is 3. The molecule has 0 unspecified atom stereocenters. The number of anilines is 1. The maximum Gasteiger partial charge on any atom is 0.268 e. The van der Waals surface area contributed by atoms with Gasteiger partial charge in [-0.2, -0.15) is 5.10 Å². The van der Waals surface area contributed by atoms with Crippen LogP contribution in [0.5, 0.6) is 0 Å². The number of para-hydroxylation sites is 1. The number of carbonyl (C=O) groups is 1. The Bertz CT molecular complexity index is 1150. The Morgan fingerprint density at radius 2 is 1.97 bits per heavy atom. The summed E-state index contributed by atoms with van der Waals surface area (Å²) in [5, 5.41) is 20.2. The zero-order valence-corrected chi connectivity index (χ0v) is 17.4. The molecule has 31 heavy (non-hydrogen) atoms. The van der Waals surface area contributed by atoms with Crippen molar-refractivity contribution in [1.29, 1.82) is 5.41 Å². The van der Waals surface area contributed by atoms with Crippen molar-refractivity contribution in [2.75, 3.05) is 5.32 Å². The van der Waals surface area contributed by atoms with Crippen LogP contribution in [-0.2, 0) is 4.79 Å². The van der Waals surface area contributed by atoms with Crippen molar-refractivity contribution in [3.8, 4) is 11.5 Å². The minimum Gasteiger partial charge on any atom is -0.404 e. The van der Waals surface area contributed by atoms with E-state index < -0.39 is 11.6 Å². The maximum atomic E-state index is 11.6. The SMILES string of the molecule is N=C(C(N)=O)/C(=C\[NH2+]c1c(Cl)cccc1Cl)Nc1ccc(-c2n[nH]c(/C=C\N)n2)nc1. The average molecular weight is 459 g/mol. The van der Waals surface area contributed by atoms with E-state index in [2.05, 4.69) is 25.5 Å². The fourth-order valence-electron chi connectivity index (χ4n) is 2.47. The summed E-state index contributed by atoms with van der Waals surface area (Å²) < 4.78 is 0. The number of H-pyrrole nitrogens is 1. The molecule has 0 aliphatic heterocycles. The van der Waals surface area contributed by atoms with Crippen molar-refractivity contribution >= 4 is 52.3 Å². The van der Waals surface area contributed by atoms with Gasteiger partial charge in [0, 0.05) is 0 Å². The number of primary amides is 1. The van der Waals surface area contributed by atoms with Gasteiger partial charge in [-0.15, -0.1) is 0 Å². The van der Waals surface area contributed by atoms with E-state index in [0.717, 1.165) is 0 Å². The van der Waals surface area contributed by atoms with E-state index in [9.17, 15) is 4.79 Å². The van der Waals surface area contributed by atoms with Crippen molar-refractivity contribution in [2.24, 2.45) is 11.5 Å². The largest absolute Gasteiger partial charge is 0.404 e. The number of rotatable bonds is 8. The third-order valence-electron chi connectivity index (χ3n) is 3.96. The van der Waals surface area contributed by atoms with Gasteiger partial charge in [-0.25, -0.2) is 4.98 Å². The van der Waals surface area contributed by atoms with E-state index in [1.807, 2.05) is 0 Å². The molecule has 9 N–H and O–H groups in total. The summed E-state index contributed by atoms with van der Waals surface area (Å²) in [6, 6.07) is 8.45. The first-order chi connectivity index (χ1) is 14.9. The molecule has 0 radical (unpaired) electrons. The number of aromatic amines is 1. The molecular weight excluding hydrogens is 441 g/mol. The Labute approximate surface area is 186 Å². The molecule has 3 rings (SSSR count). The maximum absolute atomic E-state index is 11.6. The van der Waals surface area contributed by atoms with E-state index in [0.29, 0.717) is 38.8 Å².